The molecule has 0 aromatic carbocycles. The van der Waals surface area contributed by atoms with E-state index in [-0.39, 0.29) is 0 Å². The second kappa shape index (κ2) is 7.26. The average molecular weight is 287 g/mol. The topological polar surface area (TPSA) is 28.2 Å². The van der Waals surface area contributed by atoms with Gasteiger partial charge in [-0.2, -0.15) is 0 Å². The van der Waals surface area contributed by atoms with Gasteiger partial charge in [-0.15, -0.1) is 0 Å². The number of rotatable bonds is 6. The first kappa shape index (κ1) is 14.8. The molecule has 0 radical (unpaired) electrons. The number of nitrogens with one attached hydrogen (secondary N) is 1. The minimum absolute atomic E-state index is 0.882. The Morgan fingerprint density at radius 1 is 1.38 bits per heavy atom. The highest BCUT2D eigenvalue weighted by Crippen LogP contribution is 2.24. The molecule has 1 fully saturated rings. The molecule has 1 aromatic heterocycles. The fraction of sp³-hybridized carbons (Fsp3) is 0.722. The van der Waals surface area contributed by atoms with Gasteiger partial charge in [0, 0.05) is 18.8 Å². The van der Waals surface area contributed by atoms with Crippen LogP contribution in [0.3, 0.4) is 0 Å². The third-order valence-corrected chi connectivity index (χ3v) is 4.96. The molecule has 116 valence electrons. The van der Waals surface area contributed by atoms with Crippen LogP contribution in [-0.2, 0) is 12.8 Å². The zero-order chi connectivity index (χ0) is 14.5. The van der Waals surface area contributed by atoms with E-state index >= 15 is 0 Å². The second-order valence-corrected chi connectivity index (χ2v) is 6.69. The van der Waals surface area contributed by atoms with E-state index in [0.717, 1.165) is 24.7 Å². The van der Waals surface area contributed by atoms with Crippen LogP contribution in [0.25, 0.3) is 0 Å². The summed E-state index contributed by atoms with van der Waals surface area (Å²) in [6.07, 6.45) is 8.91. The Kier molecular flexibility index (Phi) is 5.13. The molecule has 2 aliphatic heterocycles. The molecule has 3 heterocycles. The monoisotopic (exact) mass is 287 g/mol. The van der Waals surface area contributed by atoms with Crippen LogP contribution >= 0.6 is 0 Å². The lowest BCUT2D eigenvalue weighted by Crippen LogP contribution is -2.21. The molecule has 0 bridgehead atoms. The molecular weight excluding hydrogens is 258 g/mol. The number of likely N-dealkylation sites (tertiary alicyclic amines) is 1. The predicted octanol–water partition coefficient (Wildman–Crippen LogP) is 3.49. The molecule has 21 heavy (non-hydrogen) atoms. The van der Waals surface area contributed by atoms with Crippen molar-refractivity contribution in [1.29, 1.82) is 0 Å². The fourth-order valence-corrected chi connectivity index (χ4v) is 3.59. The van der Waals surface area contributed by atoms with Gasteiger partial charge in [-0.05, 0) is 69.2 Å². The highest BCUT2D eigenvalue weighted by atomic mass is 15.1. The first-order valence-corrected chi connectivity index (χ1v) is 8.80. The molecule has 0 saturated carbocycles. The third kappa shape index (κ3) is 3.97. The number of unbranched alkanes of at least 4 members (excludes halogenated alkanes) is 1. The maximum atomic E-state index is 4.82. The number of fused-ring (bicyclic) bond motifs is 1. The van der Waals surface area contributed by atoms with Gasteiger partial charge < -0.3 is 10.2 Å². The molecule has 1 saturated heterocycles. The average Bonchev–Trinajstić information content (AvgIpc) is 2.98. The van der Waals surface area contributed by atoms with Crippen molar-refractivity contribution < 1.29 is 0 Å². The number of anilines is 1. The van der Waals surface area contributed by atoms with Crippen LogP contribution in [0.15, 0.2) is 12.1 Å². The van der Waals surface area contributed by atoms with Crippen LogP contribution in [0.5, 0.6) is 0 Å². The van der Waals surface area contributed by atoms with Gasteiger partial charge in [0.25, 0.3) is 0 Å². The normalized spacial score (nSPS) is 22.0. The molecule has 0 amide bonds. The zero-order valence-electron chi connectivity index (χ0n) is 13.4. The van der Waals surface area contributed by atoms with E-state index < -0.39 is 0 Å². The SMILES string of the molecule is CCCCN1CCC(CCc2ccc3c(n2)NCCC3)C1. The van der Waals surface area contributed by atoms with Gasteiger partial charge in [0.2, 0.25) is 0 Å². The summed E-state index contributed by atoms with van der Waals surface area (Å²) in [5, 5.41) is 3.44. The molecule has 3 nitrogen and oxygen atoms in total. The van der Waals surface area contributed by atoms with Crippen molar-refractivity contribution in [2.45, 2.75) is 51.9 Å². The lowest BCUT2D eigenvalue weighted by molar-refractivity contribution is 0.315. The number of aryl methyl sites for hydroxylation is 2. The van der Waals surface area contributed by atoms with Crippen molar-refractivity contribution >= 4 is 5.82 Å². The van der Waals surface area contributed by atoms with Crippen LogP contribution in [0.2, 0.25) is 0 Å². The van der Waals surface area contributed by atoms with Crippen LogP contribution in [0.1, 0.15) is 50.3 Å². The van der Waals surface area contributed by atoms with Gasteiger partial charge in [0.15, 0.2) is 0 Å². The molecule has 0 spiro atoms. The maximum absolute atomic E-state index is 4.82. The summed E-state index contributed by atoms with van der Waals surface area (Å²) in [6.45, 7) is 7.28. The summed E-state index contributed by atoms with van der Waals surface area (Å²) < 4.78 is 0. The molecule has 3 rings (SSSR count). The van der Waals surface area contributed by atoms with Crippen LogP contribution in [-0.4, -0.2) is 36.1 Å². The minimum atomic E-state index is 0.882. The van der Waals surface area contributed by atoms with E-state index in [1.54, 1.807) is 0 Å². The van der Waals surface area contributed by atoms with E-state index in [2.05, 4.69) is 29.3 Å². The summed E-state index contributed by atoms with van der Waals surface area (Å²) >= 11 is 0. The lowest BCUT2D eigenvalue weighted by Gasteiger charge is -2.18. The molecule has 1 atom stereocenters. The third-order valence-electron chi connectivity index (χ3n) is 4.96. The molecular formula is C18H29N3. The number of aromatic nitrogens is 1. The standard InChI is InChI=1S/C18H29N3/c1-2-3-12-21-13-10-15(14-21)6-8-17-9-7-16-5-4-11-19-18(16)20-17/h7,9,15H,2-6,8,10-14H2,1H3,(H,19,20). The Morgan fingerprint density at radius 2 is 2.33 bits per heavy atom. The largest absolute Gasteiger partial charge is 0.370 e. The smallest absolute Gasteiger partial charge is 0.129 e. The number of hydrogen-bond donors (Lipinski definition) is 1. The number of nitrogens with zero attached hydrogens (tertiary/aromatic N) is 2. The lowest BCUT2D eigenvalue weighted by atomic mass is 10.00. The van der Waals surface area contributed by atoms with Gasteiger partial charge in [-0.25, -0.2) is 4.98 Å². The minimum Gasteiger partial charge on any atom is -0.370 e. The van der Waals surface area contributed by atoms with E-state index in [1.807, 2.05) is 0 Å². The van der Waals surface area contributed by atoms with Gasteiger partial charge in [0.1, 0.15) is 5.82 Å². The van der Waals surface area contributed by atoms with E-state index in [9.17, 15) is 0 Å². The Morgan fingerprint density at radius 3 is 3.24 bits per heavy atom. The zero-order valence-corrected chi connectivity index (χ0v) is 13.4. The summed E-state index contributed by atoms with van der Waals surface area (Å²) in [6, 6.07) is 4.53. The van der Waals surface area contributed by atoms with E-state index in [0.29, 0.717) is 0 Å². The Balaban J connectivity index is 1.47. The predicted molar refractivity (Wildman–Crippen MR) is 88.8 cm³/mol. The van der Waals surface area contributed by atoms with Crippen LogP contribution in [0.4, 0.5) is 5.82 Å². The molecule has 1 aromatic rings. The van der Waals surface area contributed by atoms with Crippen molar-refractivity contribution in [2.75, 3.05) is 31.5 Å². The highest BCUT2D eigenvalue weighted by Gasteiger charge is 2.21. The number of pyridine rings is 1. The summed E-state index contributed by atoms with van der Waals surface area (Å²) in [5.74, 6) is 2.03. The van der Waals surface area contributed by atoms with E-state index in [1.165, 1.54) is 69.4 Å². The maximum Gasteiger partial charge on any atom is 0.129 e. The molecule has 1 unspecified atom stereocenters. The van der Waals surface area contributed by atoms with Crippen molar-refractivity contribution in [3.05, 3.63) is 23.4 Å². The van der Waals surface area contributed by atoms with Crippen LogP contribution in [0, 0.1) is 5.92 Å². The van der Waals surface area contributed by atoms with Crippen LogP contribution < -0.4 is 5.32 Å². The summed E-state index contributed by atoms with van der Waals surface area (Å²) in [5.41, 5.74) is 2.67. The van der Waals surface area contributed by atoms with Crippen molar-refractivity contribution in [3.63, 3.8) is 0 Å². The fourth-order valence-electron chi connectivity index (χ4n) is 3.59. The number of hydrogen-bond acceptors (Lipinski definition) is 3. The summed E-state index contributed by atoms with van der Waals surface area (Å²) in [4.78, 5) is 7.47. The first-order valence-electron chi connectivity index (χ1n) is 8.80. The first-order chi connectivity index (χ1) is 10.3. The molecule has 1 N–H and O–H groups in total. The highest BCUT2D eigenvalue weighted by molar-refractivity contribution is 5.46. The summed E-state index contributed by atoms with van der Waals surface area (Å²) in [7, 11) is 0. The Hall–Kier alpha value is -1.09. The Bertz CT molecular complexity index is 458. The Labute approximate surface area is 129 Å². The molecule has 3 heteroatoms. The quantitative estimate of drug-likeness (QED) is 0.868. The van der Waals surface area contributed by atoms with Gasteiger partial charge in [0.05, 0.1) is 0 Å². The van der Waals surface area contributed by atoms with Gasteiger partial charge in [-0.1, -0.05) is 19.4 Å². The van der Waals surface area contributed by atoms with Crippen molar-refractivity contribution in [2.24, 2.45) is 5.92 Å². The van der Waals surface area contributed by atoms with Crippen molar-refractivity contribution in [1.82, 2.24) is 9.88 Å². The second-order valence-electron chi connectivity index (χ2n) is 6.69. The molecule has 2 aliphatic rings. The van der Waals surface area contributed by atoms with Crippen molar-refractivity contribution in [3.8, 4) is 0 Å². The van der Waals surface area contributed by atoms with E-state index in [4.69, 9.17) is 4.98 Å². The van der Waals surface area contributed by atoms with Gasteiger partial charge >= 0.3 is 0 Å². The molecule has 0 aliphatic carbocycles. The van der Waals surface area contributed by atoms with Gasteiger partial charge in [-0.3, -0.25) is 0 Å².